The van der Waals surface area contributed by atoms with Crippen LogP contribution in [0.1, 0.15) is 25.1 Å². The predicted octanol–water partition coefficient (Wildman–Crippen LogP) is 3.67. The maximum absolute atomic E-state index is 10.6. The Bertz CT molecular complexity index is 601. The van der Waals surface area contributed by atoms with Crippen molar-refractivity contribution in [3.05, 3.63) is 41.0 Å². The number of hydrogen-bond acceptors (Lipinski definition) is 5. The molecule has 0 aliphatic carbocycles. The van der Waals surface area contributed by atoms with Crippen LogP contribution >= 0.6 is 23.4 Å². The Kier molecular flexibility index (Phi) is 5.64. The zero-order valence-electron chi connectivity index (χ0n) is 11.5. The van der Waals surface area contributed by atoms with Crippen molar-refractivity contribution in [2.45, 2.75) is 30.4 Å². The molecule has 2 aromatic rings. The van der Waals surface area contributed by atoms with Gasteiger partial charge in [0, 0.05) is 22.8 Å². The van der Waals surface area contributed by atoms with Gasteiger partial charge in [0.1, 0.15) is 0 Å². The number of hydrogen-bond donors (Lipinski definition) is 1. The molecule has 0 saturated carbocycles. The highest BCUT2D eigenvalue weighted by molar-refractivity contribution is 7.98. The van der Waals surface area contributed by atoms with E-state index in [1.165, 1.54) is 0 Å². The summed E-state index contributed by atoms with van der Waals surface area (Å²) >= 11 is 7.41. The van der Waals surface area contributed by atoms with Crippen LogP contribution in [-0.2, 0) is 17.0 Å². The number of carbonyl (C=O) groups is 1. The molecule has 1 atom stereocenters. The molecule has 1 N–H and O–H groups in total. The molecule has 0 saturated heterocycles. The van der Waals surface area contributed by atoms with E-state index in [9.17, 15) is 4.79 Å². The van der Waals surface area contributed by atoms with Crippen LogP contribution in [0, 0.1) is 5.92 Å². The molecule has 0 aliphatic rings. The van der Waals surface area contributed by atoms with Gasteiger partial charge in [-0.1, -0.05) is 23.7 Å². The maximum atomic E-state index is 10.6. The molecule has 1 aromatic heterocycles. The fraction of sp³-hybridized carbons (Fsp3) is 0.357. The van der Waals surface area contributed by atoms with Gasteiger partial charge >= 0.3 is 5.97 Å². The number of aromatic nitrogens is 2. The Balaban J connectivity index is 1.85. The first kappa shape index (κ1) is 15.9. The fourth-order valence-electron chi connectivity index (χ4n) is 1.78. The number of carboxylic acids is 1. The first-order valence-electron chi connectivity index (χ1n) is 6.44. The van der Waals surface area contributed by atoms with Gasteiger partial charge in [-0.05, 0) is 30.2 Å². The van der Waals surface area contributed by atoms with Gasteiger partial charge in [0.2, 0.25) is 5.89 Å². The quantitative estimate of drug-likeness (QED) is 0.782. The summed E-state index contributed by atoms with van der Waals surface area (Å²) in [5.74, 6) is 0.835. The van der Waals surface area contributed by atoms with Gasteiger partial charge in [-0.15, -0.1) is 11.8 Å². The Morgan fingerprint density at radius 2 is 2.14 bits per heavy atom. The third kappa shape index (κ3) is 5.40. The third-order valence-corrected chi connectivity index (χ3v) is 4.00. The second kappa shape index (κ2) is 7.47. The van der Waals surface area contributed by atoms with Crippen LogP contribution in [0.15, 0.2) is 33.7 Å². The first-order valence-corrected chi connectivity index (χ1v) is 7.81. The van der Waals surface area contributed by atoms with Crippen LogP contribution in [0.5, 0.6) is 0 Å². The van der Waals surface area contributed by atoms with Crippen LogP contribution in [0.2, 0.25) is 5.02 Å². The van der Waals surface area contributed by atoms with Gasteiger partial charge in [-0.3, -0.25) is 4.79 Å². The van der Waals surface area contributed by atoms with Crippen LogP contribution in [-0.4, -0.2) is 21.2 Å². The number of nitrogens with zero attached hydrogens (tertiary/aromatic N) is 2. The first-order chi connectivity index (χ1) is 10.0. The van der Waals surface area contributed by atoms with Gasteiger partial charge < -0.3 is 9.63 Å². The minimum Gasteiger partial charge on any atom is -0.481 e. The monoisotopic (exact) mass is 326 g/mol. The number of aliphatic carboxylic acids is 1. The molecule has 112 valence electrons. The standard InChI is InChI=1S/C14H15ClN2O3S/c1-9(7-14(18)19)6-13-16-12(17-20-13)8-21-11-4-2-10(15)3-5-11/h2-5,9H,6-8H2,1H3,(H,18,19). The Labute approximate surface area is 131 Å². The van der Waals surface area contributed by atoms with E-state index in [1.54, 1.807) is 11.8 Å². The topological polar surface area (TPSA) is 76.2 Å². The van der Waals surface area contributed by atoms with Crippen molar-refractivity contribution < 1.29 is 14.4 Å². The summed E-state index contributed by atoms with van der Waals surface area (Å²) in [4.78, 5) is 16.0. The van der Waals surface area contributed by atoms with Gasteiger partial charge in [-0.2, -0.15) is 4.98 Å². The molecule has 1 heterocycles. The molecule has 21 heavy (non-hydrogen) atoms. The summed E-state index contributed by atoms with van der Waals surface area (Å²) in [5, 5.41) is 13.3. The van der Waals surface area contributed by atoms with E-state index >= 15 is 0 Å². The largest absolute Gasteiger partial charge is 0.481 e. The zero-order chi connectivity index (χ0) is 15.2. The molecule has 1 aromatic carbocycles. The Hall–Kier alpha value is -1.53. The molecule has 0 fully saturated rings. The average molecular weight is 327 g/mol. The number of carboxylic acid groups (broad SMARTS) is 1. The highest BCUT2D eigenvalue weighted by atomic mass is 35.5. The smallest absolute Gasteiger partial charge is 0.303 e. The summed E-state index contributed by atoms with van der Waals surface area (Å²) in [7, 11) is 0. The molecule has 7 heteroatoms. The van der Waals surface area contributed by atoms with Gasteiger partial charge in [0.15, 0.2) is 5.82 Å². The summed E-state index contributed by atoms with van der Waals surface area (Å²) in [6.45, 7) is 1.85. The lowest BCUT2D eigenvalue weighted by molar-refractivity contribution is -0.137. The van der Waals surface area contributed by atoms with E-state index in [1.807, 2.05) is 31.2 Å². The molecule has 5 nitrogen and oxygen atoms in total. The summed E-state index contributed by atoms with van der Waals surface area (Å²) in [6.07, 6.45) is 0.572. The Morgan fingerprint density at radius 3 is 2.81 bits per heavy atom. The maximum Gasteiger partial charge on any atom is 0.303 e. The van der Waals surface area contributed by atoms with Crippen LogP contribution in [0.25, 0.3) is 0 Å². The minimum atomic E-state index is -0.819. The lowest BCUT2D eigenvalue weighted by Gasteiger charge is -2.03. The number of halogens is 1. The van der Waals surface area contributed by atoms with E-state index in [4.69, 9.17) is 21.2 Å². The van der Waals surface area contributed by atoms with Crippen molar-refractivity contribution in [1.82, 2.24) is 10.1 Å². The van der Waals surface area contributed by atoms with Gasteiger partial charge in [0.25, 0.3) is 0 Å². The molecule has 0 radical (unpaired) electrons. The predicted molar refractivity (Wildman–Crippen MR) is 80.4 cm³/mol. The highest BCUT2D eigenvalue weighted by Gasteiger charge is 2.13. The van der Waals surface area contributed by atoms with E-state index in [-0.39, 0.29) is 12.3 Å². The molecule has 0 amide bonds. The van der Waals surface area contributed by atoms with Crippen molar-refractivity contribution in [2.24, 2.45) is 5.92 Å². The zero-order valence-corrected chi connectivity index (χ0v) is 13.0. The Morgan fingerprint density at radius 1 is 1.43 bits per heavy atom. The van der Waals surface area contributed by atoms with Gasteiger partial charge in [-0.25, -0.2) is 0 Å². The van der Waals surface area contributed by atoms with E-state index in [0.29, 0.717) is 28.9 Å². The highest BCUT2D eigenvalue weighted by Crippen LogP contribution is 2.23. The fourth-order valence-corrected chi connectivity index (χ4v) is 2.65. The molecule has 2 rings (SSSR count). The minimum absolute atomic E-state index is 0.0280. The molecule has 0 aliphatic heterocycles. The number of thioether (sulfide) groups is 1. The molecular formula is C14H15ClN2O3S. The summed E-state index contributed by atoms with van der Waals surface area (Å²) < 4.78 is 5.14. The summed E-state index contributed by atoms with van der Waals surface area (Å²) in [5.41, 5.74) is 0. The number of benzene rings is 1. The van der Waals surface area contributed by atoms with Gasteiger partial charge in [0.05, 0.1) is 5.75 Å². The molecule has 1 unspecified atom stereocenters. The lowest BCUT2D eigenvalue weighted by Crippen LogP contribution is -2.07. The third-order valence-electron chi connectivity index (χ3n) is 2.74. The van der Waals surface area contributed by atoms with Crippen LogP contribution in [0.4, 0.5) is 0 Å². The molecule has 0 bridgehead atoms. The van der Waals surface area contributed by atoms with Crippen molar-refractivity contribution >= 4 is 29.3 Å². The summed E-state index contributed by atoms with van der Waals surface area (Å²) in [6, 6.07) is 7.53. The second-order valence-electron chi connectivity index (χ2n) is 4.75. The van der Waals surface area contributed by atoms with Crippen LogP contribution < -0.4 is 0 Å². The molecular weight excluding hydrogens is 312 g/mol. The second-order valence-corrected chi connectivity index (χ2v) is 6.24. The van der Waals surface area contributed by atoms with Crippen molar-refractivity contribution in [2.75, 3.05) is 0 Å². The SMILES string of the molecule is CC(CC(=O)O)Cc1nc(CSc2ccc(Cl)cc2)no1. The lowest BCUT2D eigenvalue weighted by atomic mass is 10.0. The van der Waals surface area contributed by atoms with Crippen molar-refractivity contribution in [1.29, 1.82) is 0 Å². The molecule has 0 spiro atoms. The van der Waals surface area contributed by atoms with E-state index < -0.39 is 5.97 Å². The van der Waals surface area contributed by atoms with E-state index in [2.05, 4.69) is 10.1 Å². The van der Waals surface area contributed by atoms with Crippen molar-refractivity contribution in [3.63, 3.8) is 0 Å². The average Bonchev–Trinajstić information content (AvgIpc) is 2.84. The van der Waals surface area contributed by atoms with Crippen LogP contribution in [0.3, 0.4) is 0 Å². The van der Waals surface area contributed by atoms with E-state index in [0.717, 1.165) is 4.90 Å². The normalized spacial score (nSPS) is 12.3. The van der Waals surface area contributed by atoms with Crippen molar-refractivity contribution in [3.8, 4) is 0 Å². The number of rotatable bonds is 7.